The van der Waals surface area contributed by atoms with Crippen LogP contribution in [-0.4, -0.2) is 66.3 Å². The fraction of sp³-hybridized carbons (Fsp3) is 0.385. The Labute approximate surface area is 209 Å². The smallest absolute Gasteiger partial charge is 0.354 e. The van der Waals surface area contributed by atoms with Crippen molar-refractivity contribution in [1.82, 2.24) is 10.3 Å². The van der Waals surface area contributed by atoms with Crippen molar-refractivity contribution in [2.75, 3.05) is 33.3 Å². The molecule has 4 rings (SSSR count). The molecule has 1 saturated heterocycles. The summed E-state index contributed by atoms with van der Waals surface area (Å²) in [5, 5.41) is 15.7. The Morgan fingerprint density at radius 2 is 1.94 bits per heavy atom. The van der Waals surface area contributed by atoms with Crippen LogP contribution in [0.15, 0.2) is 63.6 Å². The number of nitro benzene ring substituents is 1. The molecule has 2 aromatic carbocycles. The van der Waals surface area contributed by atoms with E-state index in [0.717, 1.165) is 31.6 Å². The van der Waals surface area contributed by atoms with Crippen LogP contribution in [-0.2, 0) is 9.53 Å². The van der Waals surface area contributed by atoms with E-state index >= 15 is 0 Å². The number of hydrogen-bond donors (Lipinski definition) is 1. The van der Waals surface area contributed by atoms with Crippen LogP contribution < -0.4 is 5.43 Å². The Morgan fingerprint density at radius 1 is 1.17 bits per heavy atom. The first-order valence-electron chi connectivity index (χ1n) is 12.1. The van der Waals surface area contributed by atoms with Crippen molar-refractivity contribution in [3.05, 3.63) is 69.8 Å². The molecule has 188 valence electrons. The summed E-state index contributed by atoms with van der Waals surface area (Å²) in [6, 6.07) is 14.0. The van der Waals surface area contributed by atoms with E-state index in [4.69, 9.17) is 9.73 Å². The molecule has 0 amide bonds. The number of likely N-dealkylation sites (tertiary alicyclic amines) is 1. The van der Waals surface area contributed by atoms with E-state index in [1.165, 1.54) is 38.5 Å². The van der Waals surface area contributed by atoms with Gasteiger partial charge in [0.25, 0.3) is 5.69 Å². The number of non-ortho nitro benzene ring substituents is 1. The number of carbonyl (C=O) groups excluding carboxylic acids is 1. The van der Waals surface area contributed by atoms with Crippen molar-refractivity contribution >= 4 is 34.6 Å². The number of nitrogens with one attached hydrogen (secondary N) is 1. The van der Waals surface area contributed by atoms with Crippen LogP contribution >= 0.6 is 0 Å². The lowest BCUT2D eigenvalue weighted by atomic mass is 10.00. The van der Waals surface area contributed by atoms with E-state index in [1.54, 1.807) is 6.07 Å². The molecule has 36 heavy (non-hydrogen) atoms. The molecule has 0 aromatic heterocycles. The van der Waals surface area contributed by atoms with Crippen LogP contribution in [0.5, 0.6) is 0 Å². The van der Waals surface area contributed by atoms with Gasteiger partial charge in [0.05, 0.1) is 30.0 Å². The molecular weight excluding hydrogens is 460 g/mol. The SMILES string of the molecule is COC(=O)/C(CCCN1CCCCC1)=N/NC1=Nc2ccc([N+](=O)[O-])cc2C(c2ccccc2)=NC1. The van der Waals surface area contributed by atoms with Crippen LogP contribution in [0.1, 0.15) is 43.2 Å². The van der Waals surface area contributed by atoms with Gasteiger partial charge in [0.15, 0.2) is 0 Å². The summed E-state index contributed by atoms with van der Waals surface area (Å²) in [6.07, 6.45) is 4.99. The molecule has 2 heterocycles. The highest BCUT2D eigenvalue weighted by Gasteiger charge is 2.20. The molecule has 0 aliphatic carbocycles. The van der Waals surface area contributed by atoms with Crippen molar-refractivity contribution in [3.63, 3.8) is 0 Å². The van der Waals surface area contributed by atoms with Gasteiger partial charge in [0, 0.05) is 29.7 Å². The zero-order chi connectivity index (χ0) is 25.3. The number of fused-ring (bicyclic) bond motifs is 1. The van der Waals surface area contributed by atoms with E-state index in [1.807, 2.05) is 30.3 Å². The fourth-order valence-electron chi connectivity index (χ4n) is 4.35. The second-order valence-corrected chi connectivity index (χ2v) is 8.72. The minimum absolute atomic E-state index is 0.0382. The molecule has 10 nitrogen and oxygen atoms in total. The summed E-state index contributed by atoms with van der Waals surface area (Å²) in [7, 11) is 1.34. The Kier molecular flexibility index (Phi) is 8.51. The monoisotopic (exact) mass is 490 g/mol. The van der Waals surface area contributed by atoms with Gasteiger partial charge in [-0.3, -0.25) is 20.5 Å². The van der Waals surface area contributed by atoms with E-state index < -0.39 is 10.9 Å². The average Bonchev–Trinajstić information content (AvgIpc) is 3.10. The van der Waals surface area contributed by atoms with Crippen LogP contribution in [0.2, 0.25) is 0 Å². The number of rotatable bonds is 8. The highest BCUT2D eigenvalue weighted by atomic mass is 16.6. The molecule has 1 N–H and O–H groups in total. The van der Waals surface area contributed by atoms with Crippen LogP contribution in [0.25, 0.3) is 0 Å². The van der Waals surface area contributed by atoms with Gasteiger partial charge < -0.3 is 9.64 Å². The lowest BCUT2D eigenvalue weighted by molar-refractivity contribution is -0.384. The number of aliphatic imine (C=N–C) groups is 2. The molecule has 0 bridgehead atoms. The number of carbonyl (C=O) groups is 1. The first-order chi connectivity index (χ1) is 17.5. The van der Waals surface area contributed by atoms with E-state index in [0.29, 0.717) is 29.2 Å². The molecule has 10 heteroatoms. The fourth-order valence-corrected chi connectivity index (χ4v) is 4.35. The summed E-state index contributed by atoms with van der Waals surface area (Å²) >= 11 is 0. The number of piperidine rings is 1. The molecule has 0 spiro atoms. The zero-order valence-electron chi connectivity index (χ0n) is 20.4. The lowest BCUT2D eigenvalue weighted by Gasteiger charge is -2.26. The number of ether oxygens (including phenoxy) is 1. The normalized spacial score (nSPS) is 16.3. The minimum atomic E-state index is -0.486. The predicted octanol–water partition coefficient (Wildman–Crippen LogP) is 3.86. The molecule has 2 aliphatic heterocycles. The van der Waals surface area contributed by atoms with Gasteiger partial charge >= 0.3 is 5.97 Å². The van der Waals surface area contributed by atoms with E-state index in [-0.39, 0.29) is 17.9 Å². The highest BCUT2D eigenvalue weighted by molar-refractivity contribution is 6.36. The van der Waals surface area contributed by atoms with Crippen LogP contribution in [0, 0.1) is 10.1 Å². The molecule has 2 aromatic rings. The Hall–Kier alpha value is -3.92. The molecular formula is C26H30N6O4. The number of benzene rings is 2. The molecule has 2 aliphatic rings. The number of hydrogen-bond acceptors (Lipinski definition) is 9. The van der Waals surface area contributed by atoms with Gasteiger partial charge in [-0.15, -0.1) is 0 Å². The largest absolute Gasteiger partial charge is 0.464 e. The summed E-state index contributed by atoms with van der Waals surface area (Å²) in [5.74, 6) is -0.0617. The molecule has 1 fully saturated rings. The number of nitrogens with zero attached hydrogens (tertiary/aromatic N) is 5. The van der Waals surface area contributed by atoms with Crippen molar-refractivity contribution in [1.29, 1.82) is 0 Å². The highest BCUT2D eigenvalue weighted by Crippen LogP contribution is 2.29. The second kappa shape index (κ2) is 12.2. The first kappa shape index (κ1) is 25.2. The number of esters is 1. The van der Waals surface area contributed by atoms with Gasteiger partial charge in [-0.2, -0.15) is 5.10 Å². The Bertz CT molecular complexity index is 1190. The third-order valence-corrected chi connectivity index (χ3v) is 6.21. The zero-order valence-corrected chi connectivity index (χ0v) is 20.4. The molecule has 0 radical (unpaired) electrons. The molecule has 0 saturated carbocycles. The maximum Gasteiger partial charge on any atom is 0.354 e. The lowest BCUT2D eigenvalue weighted by Crippen LogP contribution is -2.31. The maximum absolute atomic E-state index is 12.3. The topological polar surface area (TPSA) is 122 Å². The third-order valence-electron chi connectivity index (χ3n) is 6.21. The summed E-state index contributed by atoms with van der Waals surface area (Å²) < 4.78 is 4.93. The number of hydrazone groups is 1. The van der Waals surface area contributed by atoms with Gasteiger partial charge in [0.2, 0.25) is 0 Å². The summed E-state index contributed by atoms with van der Waals surface area (Å²) in [5.41, 5.74) is 5.67. The van der Waals surface area contributed by atoms with Crippen molar-refractivity contribution in [3.8, 4) is 0 Å². The standard InChI is InChI=1S/C26H30N6O4/c1-36-26(33)23(11-8-16-31-14-6-3-7-15-31)29-30-24-18-27-25(19-9-4-2-5-10-19)21-17-20(32(34)35)12-13-22(21)28-24/h2,4-5,9-10,12-13,17H,3,6-8,11,14-16,18H2,1H3,(H,28,30)/b29-23+. The van der Waals surface area contributed by atoms with Gasteiger partial charge in [0.1, 0.15) is 11.5 Å². The van der Waals surface area contributed by atoms with Crippen molar-refractivity contribution in [2.24, 2.45) is 15.1 Å². The average molecular weight is 491 g/mol. The summed E-state index contributed by atoms with van der Waals surface area (Å²) in [6.45, 7) is 3.27. The maximum atomic E-state index is 12.3. The number of amidine groups is 1. The second-order valence-electron chi connectivity index (χ2n) is 8.72. The third kappa shape index (κ3) is 6.39. The predicted molar refractivity (Wildman–Crippen MR) is 139 cm³/mol. The van der Waals surface area contributed by atoms with Gasteiger partial charge in [-0.05, 0) is 45.0 Å². The minimum Gasteiger partial charge on any atom is -0.464 e. The van der Waals surface area contributed by atoms with E-state index in [2.05, 4.69) is 20.4 Å². The first-order valence-corrected chi connectivity index (χ1v) is 12.1. The van der Waals surface area contributed by atoms with Crippen LogP contribution in [0.3, 0.4) is 0 Å². The molecule has 0 atom stereocenters. The van der Waals surface area contributed by atoms with Gasteiger partial charge in [-0.1, -0.05) is 36.8 Å². The Balaban J connectivity index is 1.55. The quantitative estimate of drug-likeness (QED) is 0.260. The van der Waals surface area contributed by atoms with E-state index in [9.17, 15) is 14.9 Å². The number of nitro groups is 1. The number of methoxy groups -OCH3 is 1. The van der Waals surface area contributed by atoms with Crippen LogP contribution in [0.4, 0.5) is 11.4 Å². The van der Waals surface area contributed by atoms with Gasteiger partial charge in [-0.25, -0.2) is 9.79 Å². The Morgan fingerprint density at radius 3 is 2.67 bits per heavy atom. The summed E-state index contributed by atoms with van der Waals surface area (Å²) in [4.78, 5) is 35.0. The van der Waals surface area contributed by atoms with Crippen molar-refractivity contribution < 1.29 is 14.5 Å². The molecule has 0 unspecified atom stereocenters. The van der Waals surface area contributed by atoms with Crippen molar-refractivity contribution in [2.45, 2.75) is 32.1 Å².